The van der Waals surface area contributed by atoms with Crippen LogP contribution < -0.4 is 0 Å². The highest BCUT2D eigenvalue weighted by Crippen LogP contribution is 2.40. The second-order valence-electron chi connectivity index (χ2n) is 6.15. The highest BCUT2D eigenvalue weighted by molar-refractivity contribution is 5.73. The first kappa shape index (κ1) is 13.4. The van der Waals surface area contributed by atoms with Crippen molar-refractivity contribution in [2.75, 3.05) is 0 Å². The predicted octanol–water partition coefficient (Wildman–Crippen LogP) is 5.88. The Bertz CT molecular complexity index is 571. The molecule has 1 aromatic carbocycles. The number of rotatable bonds is 5. The molecule has 0 heteroatoms. The molecule has 0 bridgehead atoms. The van der Waals surface area contributed by atoms with E-state index >= 15 is 0 Å². The zero-order valence-electron chi connectivity index (χ0n) is 12.6. The van der Waals surface area contributed by atoms with Gasteiger partial charge in [-0.1, -0.05) is 67.5 Å². The van der Waals surface area contributed by atoms with Crippen molar-refractivity contribution in [3.63, 3.8) is 0 Å². The van der Waals surface area contributed by atoms with E-state index in [0.717, 1.165) is 0 Å². The van der Waals surface area contributed by atoms with Crippen LogP contribution in [-0.2, 0) is 0 Å². The third-order valence-electron chi connectivity index (χ3n) is 4.57. The topological polar surface area (TPSA) is 0 Å². The molecule has 0 heterocycles. The summed E-state index contributed by atoms with van der Waals surface area (Å²) in [5.74, 6) is 1.23. The first-order chi connectivity index (χ1) is 9.78. The Labute approximate surface area is 122 Å². The van der Waals surface area contributed by atoms with Gasteiger partial charge in [-0.2, -0.15) is 0 Å². The number of benzene rings is 1. The maximum Gasteiger partial charge on any atom is 0.00385 e. The summed E-state index contributed by atoms with van der Waals surface area (Å²) in [6, 6.07) is 8.88. The van der Waals surface area contributed by atoms with Crippen LogP contribution in [0.15, 0.2) is 54.1 Å². The van der Waals surface area contributed by atoms with E-state index in [0.29, 0.717) is 11.8 Å². The quantitative estimate of drug-likeness (QED) is 0.623. The van der Waals surface area contributed by atoms with Crippen molar-refractivity contribution in [3.05, 3.63) is 65.3 Å². The van der Waals surface area contributed by atoms with E-state index in [2.05, 4.69) is 62.4 Å². The highest BCUT2D eigenvalue weighted by atomic mass is 14.3. The first-order valence-corrected chi connectivity index (χ1v) is 7.94. The minimum Gasteiger partial charge on any atom is -0.0773 e. The van der Waals surface area contributed by atoms with Crippen molar-refractivity contribution in [2.45, 2.75) is 45.4 Å². The average Bonchev–Trinajstić information content (AvgIpc) is 3.03. The third-order valence-corrected chi connectivity index (χ3v) is 4.57. The van der Waals surface area contributed by atoms with Crippen molar-refractivity contribution >= 4 is 5.57 Å². The van der Waals surface area contributed by atoms with Gasteiger partial charge in [0.2, 0.25) is 0 Å². The molecule has 0 N–H and O–H groups in total. The van der Waals surface area contributed by atoms with Crippen LogP contribution >= 0.6 is 0 Å². The molecule has 0 saturated heterocycles. The molecular weight excluding hydrogens is 240 g/mol. The van der Waals surface area contributed by atoms with E-state index in [9.17, 15) is 0 Å². The lowest BCUT2D eigenvalue weighted by Gasteiger charge is -2.13. The summed E-state index contributed by atoms with van der Waals surface area (Å²) in [4.78, 5) is 0. The maximum absolute atomic E-state index is 2.49. The molecule has 2 aliphatic carbocycles. The van der Waals surface area contributed by atoms with Gasteiger partial charge in [-0.05, 0) is 48.8 Å². The van der Waals surface area contributed by atoms with E-state index < -0.39 is 0 Å². The van der Waals surface area contributed by atoms with Crippen LogP contribution in [0.1, 0.15) is 56.6 Å². The molecule has 0 saturated carbocycles. The van der Waals surface area contributed by atoms with Gasteiger partial charge >= 0.3 is 0 Å². The zero-order valence-corrected chi connectivity index (χ0v) is 12.6. The fourth-order valence-corrected chi connectivity index (χ4v) is 3.48. The van der Waals surface area contributed by atoms with Gasteiger partial charge < -0.3 is 0 Å². The first-order valence-electron chi connectivity index (χ1n) is 7.94. The Kier molecular flexibility index (Phi) is 3.91. The van der Waals surface area contributed by atoms with E-state index in [4.69, 9.17) is 0 Å². The Hall–Kier alpha value is -1.56. The molecule has 20 heavy (non-hydrogen) atoms. The summed E-state index contributed by atoms with van der Waals surface area (Å²) in [5.41, 5.74) is 5.97. The van der Waals surface area contributed by atoms with Gasteiger partial charge in [0.1, 0.15) is 0 Å². The second-order valence-corrected chi connectivity index (χ2v) is 6.15. The summed E-state index contributed by atoms with van der Waals surface area (Å²) in [6.45, 7) is 4.51. The maximum atomic E-state index is 2.49. The lowest BCUT2D eigenvalue weighted by Crippen LogP contribution is -1.99. The molecule has 0 spiro atoms. The monoisotopic (exact) mass is 264 g/mol. The smallest absolute Gasteiger partial charge is 0.00385 e. The van der Waals surface area contributed by atoms with Crippen LogP contribution in [0.4, 0.5) is 0 Å². The summed E-state index contributed by atoms with van der Waals surface area (Å²) < 4.78 is 0. The SMILES string of the molecule is CCCCC1=CC(CC2C=C(C)c3ccccc32)C=C1. The third kappa shape index (κ3) is 2.65. The Balaban J connectivity index is 1.69. The van der Waals surface area contributed by atoms with Crippen molar-refractivity contribution in [2.24, 2.45) is 5.92 Å². The van der Waals surface area contributed by atoms with Crippen molar-refractivity contribution < 1.29 is 0 Å². The molecule has 3 rings (SSSR count). The Morgan fingerprint density at radius 1 is 1.10 bits per heavy atom. The standard InChI is InChI=1S/C20H24/c1-3-4-7-16-10-11-17(13-16)14-18-12-15(2)19-8-5-6-9-20(18)19/h5-6,8-13,17-18H,3-4,7,14H2,1-2H3. The van der Waals surface area contributed by atoms with E-state index in [1.54, 1.807) is 5.57 Å². The van der Waals surface area contributed by atoms with Gasteiger partial charge in [0.25, 0.3) is 0 Å². The summed E-state index contributed by atoms with van der Waals surface area (Å²) in [6.07, 6.45) is 14.8. The fraction of sp³-hybridized carbons (Fsp3) is 0.400. The Morgan fingerprint density at radius 3 is 2.80 bits per heavy atom. The molecule has 2 unspecified atom stereocenters. The molecule has 2 aliphatic rings. The van der Waals surface area contributed by atoms with Gasteiger partial charge in [-0.25, -0.2) is 0 Å². The normalized spacial score (nSPS) is 23.7. The minimum absolute atomic E-state index is 0.600. The molecule has 2 atom stereocenters. The zero-order chi connectivity index (χ0) is 13.9. The van der Waals surface area contributed by atoms with Gasteiger partial charge in [0.05, 0.1) is 0 Å². The van der Waals surface area contributed by atoms with Crippen LogP contribution in [0.3, 0.4) is 0 Å². The van der Waals surface area contributed by atoms with E-state index in [1.165, 1.54) is 42.4 Å². The van der Waals surface area contributed by atoms with Crippen LogP contribution in [0.5, 0.6) is 0 Å². The number of allylic oxidation sites excluding steroid dienone is 6. The molecular formula is C20H24. The summed E-state index contributed by atoms with van der Waals surface area (Å²) in [5, 5.41) is 0. The van der Waals surface area contributed by atoms with Gasteiger partial charge in [-0.3, -0.25) is 0 Å². The molecule has 1 aromatic rings. The van der Waals surface area contributed by atoms with Crippen molar-refractivity contribution in [1.82, 2.24) is 0 Å². The largest absolute Gasteiger partial charge is 0.0773 e. The average molecular weight is 264 g/mol. The van der Waals surface area contributed by atoms with Crippen LogP contribution in [0, 0.1) is 5.92 Å². The van der Waals surface area contributed by atoms with Crippen LogP contribution in [0.2, 0.25) is 0 Å². The molecule has 104 valence electrons. The summed E-state index contributed by atoms with van der Waals surface area (Å²) >= 11 is 0. The Morgan fingerprint density at radius 2 is 1.95 bits per heavy atom. The summed E-state index contributed by atoms with van der Waals surface area (Å²) in [7, 11) is 0. The number of unbranched alkanes of at least 4 members (excludes halogenated alkanes) is 1. The molecule has 0 aliphatic heterocycles. The van der Waals surface area contributed by atoms with E-state index in [-0.39, 0.29) is 0 Å². The van der Waals surface area contributed by atoms with Crippen molar-refractivity contribution in [3.8, 4) is 0 Å². The molecule has 0 fully saturated rings. The lowest BCUT2D eigenvalue weighted by atomic mass is 9.91. The van der Waals surface area contributed by atoms with Gasteiger partial charge in [-0.15, -0.1) is 0 Å². The van der Waals surface area contributed by atoms with E-state index in [1.807, 2.05) is 0 Å². The lowest BCUT2D eigenvalue weighted by molar-refractivity contribution is 0.658. The van der Waals surface area contributed by atoms with Crippen molar-refractivity contribution in [1.29, 1.82) is 0 Å². The molecule has 0 radical (unpaired) electrons. The number of fused-ring (bicyclic) bond motifs is 1. The van der Waals surface area contributed by atoms with Gasteiger partial charge in [0.15, 0.2) is 0 Å². The number of hydrogen-bond donors (Lipinski definition) is 0. The second kappa shape index (κ2) is 5.83. The molecule has 0 amide bonds. The minimum atomic E-state index is 0.600. The highest BCUT2D eigenvalue weighted by Gasteiger charge is 2.23. The molecule has 0 nitrogen and oxygen atoms in total. The molecule has 0 aromatic heterocycles. The predicted molar refractivity (Wildman–Crippen MR) is 87.7 cm³/mol. The van der Waals surface area contributed by atoms with Crippen LogP contribution in [-0.4, -0.2) is 0 Å². The fourth-order valence-electron chi connectivity index (χ4n) is 3.48. The van der Waals surface area contributed by atoms with Gasteiger partial charge in [0, 0.05) is 5.92 Å². The van der Waals surface area contributed by atoms with Crippen LogP contribution in [0.25, 0.3) is 5.57 Å². The number of hydrogen-bond acceptors (Lipinski definition) is 0.